The van der Waals surface area contributed by atoms with E-state index in [1.165, 1.54) is 11.8 Å². The van der Waals surface area contributed by atoms with E-state index in [1.54, 1.807) is 29.2 Å². The number of piperazine rings is 1. The highest BCUT2D eigenvalue weighted by Gasteiger charge is 2.29. The van der Waals surface area contributed by atoms with E-state index in [9.17, 15) is 9.59 Å². The van der Waals surface area contributed by atoms with Gasteiger partial charge in [0.1, 0.15) is 11.3 Å². The Kier molecular flexibility index (Phi) is 9.96. The second-order valence-corrected chi connectivity index (χ2v) is 13.4. The van der Waals surface area contributed by atoms with Crippen molar-refractivity contribution in [3.8, 4) is 5.75 Å². The topological polar surface area (TPSA) is 93.5 Å². The van der Waals surface area contributed by atoms with Crippen LogP contribution in [0, 0.1) is 6.92 Å². The summed E-state index contributed by atoms with van der Waals surface area (Å²) < 4.78 is 7.79. The number of carbonyl (C=O) groups excluding carboxylic acids is 2. The Hall–Kier alpha value is -3.86. The molecule has 9 nitrogen and oxygen atoms in total. The predicted octanol–water partition coefficient (Wildman–Crippen LogP) is 6.65. The molecule has 6 rings (SSSR count). The second-order valence-electron chi connectivity index (χ2n) is 11.5. The molecule has 1 saturated heterocycles. The minimum Gasteiger partial charge on any atom is -0.484 e. The number of hydrogen-bond acceptors (Lipinski definition) is 7. The Morgan fingerprint density at radius 2 is 1.80 bits per heavy atom. The SMILES string of the molecule is Cc1ccc2c(c1)c1nnc(SCCCC(=O)N3CCN(C(=O)COc4ccc(Cl)cc4)C(C)C3)nc1n2Cc1cccc(Cl)c1. The van der Waals surface area contributed by atoms with E-state index < -0.39 is 0 Å². The summed E-state index contributed by atoms with van der Waals surface area (Å²) in [4.78, 5) is 34.4. The average molecular weight is 678 g/mol. The number of aryl methyl sites for hydroxylation is 1. The minimum absolute atomic E-state index is 0.0547. The van der Waals surface area contributed by atoms with Crippen molar-refractivity contribution in [2.75, 3.05) is 32.0 Å². The van der Waals surface area contributed by atoms with Gasteiger partial charge in [-0.3, -0.25) is 9.59 Å². The first-order chi connectivity index (χ1) is 22.2. The number of hydrogen-bond donors (Lipinski definition) is 0. The largest absolute Gasteiger partial charge is 0.484 e. The van der Waals surface area contributed by atoms with Gasteiger partial charge in [0, 0.05) is 59.8 Å². The molecule has 2 aromatic heterocycles. The van der Waals surface area contributed by atoms with Gasteiger partial charge in [-0.1, -0.05) is 58.7 Å². The third-order valence-electron chi connectivity index (χ3n) is 8.07. The highest BCUT2D eigenvalue weighted by molar-refractivity contribution is 7.99. The Bertz CT molecular complexity index is 1880. The highest BCUT2D eigenvalue weighted by atomic mass is 35.5. The monoisotopic (exact) mass is 676 g/mol. The maximum absolute atomic E-state index is 13.0. The van der Waals surface area contributed by atoms with Crippen LogP contribution in [0.2, 0.25) is 10.0 Å². The van der Waals surface area contributed by atoms with Crippen LogP contribution in [0.5, 0.6) is 5.75 Å². The first kappa shape index (κ1) is 32.1. The molecule has 238 valence electrons. The molecule has 0 spiro atoms. The van der Waals surface area contributed by atoms with Crippen molar-refractivity contribution < 1.29 is 14.3 Å². The standard InChI is InChI=1S/C34H34Cl2N6O3S/c1-22-8-13-29-28(17-22)32-33(42(29)20-24-5-3-6-26(36)18-24)37-34(39-38-32)46-16-4-7-30(43)40-14-15-41(23(2)19-40)31(44)21-45-27-11-9-25(35)10-12-27/h3,5-6,8-13,17-18,23H,4,7,14-16,19-21H2,1-2H3. The lowest BCUT2D eigenvalue weighted by molar-refractivity contribution is -0.143. The summed E-state index contributed by atoms with van der Waals surface area (Å²) in [5, 5.41) is 11.9. The van der Waals surface area contributed by atoms with Crippen molar-refractivity contribution in [2.24, 2.45) is 0 Å². The molecule has 12 heteroatoms. The molecule has 5 aromatic rings. The third kappa shape index (κ3) is 7.40. The number of aromatic nitrogens is 4. The van der Waals surface area contributed by atoms with Crippen molar-refractivity contribution >= 4 is 68.8 Å². The second kappa shape index (κ2) is 14.3. The number of carbonyl (C=O) groups is 2. The number of rotatable bonds is 10. The fraction of sp³-hybridized carbons (Fsp3) is 0.324. The predicted molar refractivity (Wildman–Crippen MR) is 183 cm³/mol. The molecule has 1 fully saturated rings. The van der Waals surface area contributed by atoms with Gasteiger partial charge in [0.15, 0.2) is 12.3 Å². The normalized spacial score (nSPS) is 15.1. The molecule has 1 unspecified atom stereocenters. The molecular formula is C34H34Cl2N6O3S. The average Bonchev–Trinajstić information content (AvgIpc) is 3.34. The van der Waals surface area contributed by atoms with Crippen LogP contribution in [0.3, 0.4) is 0 Å². The summed E-state index contributed by atoms with van der Waals surface area (Å²) in [6, 6.07) is 21.0. The lowest BCUT2D eigenvalue weighted by Crippen LogP contribution is -2.56. The number of fused-ring (bicyclic) bond motifs is 3. The number of thioether (sulfide) groups is 1. The first-order valence-corrected chi connectivity index (χ1v) is 17.0. The Balaban J connectivity index is 1.03. The van der Waals surface area contributed by atoms with Crippen LogP contribution in [0.4, 0.5) is 0 Å². The highest BCUT2D eigenvalue weighted by Crippen LogP contribution is 2.29. The van der Waals surface area contributed by atoms with Gasteiger partial charge in [0.05, 0.1) is 5.52 Å². The molecule has 0 N–H and O–H groups in total. The van der Waals surface area contributed by atoms with Crippen LogP contribution in [0.25, 0.3) is 22.1 Å². The smallest absolute Gasteiger partial charge is 0.260 e. The van der Waals surface area contributed by atoms with E-state index in [4.69, 9.17) is 32.9 Å². The zero-order valence-electron chi connectivity index (χ0n) is 25.7. The lowest BCUT2D eigenvalue weighted by atomic mass is 10.1. The van der Waals surface area contributed by atoms with Gasteiger partial charge in [0.25, 0.3) is 5.91 Å². The third-order valence-corrected chi connectivity index (χ3v) is 9.49. The van der Waals surface area contributed by atoms with Gasteiger partial charge in [0.2, 0.25) is 11.1 Å². The van der Waals surface area contributed by atoms with Gasteiger partial charge in [-0.05, 0) is 74.4 Å². The summed E-state index contributed by atoms with van der Waals surface area (Å²) in [5.74, 6) is 1.26. The van der Waals surface area contributed by atoms with E-state index in [1.807, 2.05) is 30.0 Å². The van der Waals surface area contributed by atoms with E-state index >= 15 is 0 Å². The van der Waals surface area contributed by atoms with Gasteiger partial charge >= 0.3 is 0 Å². The minimum atomic E-state index is -0.0988. The summed E-state index contributed by atoms with van der Waals surface area (Å²) in [6.45, 7) is 6.05. The molecule has 0 radical (unpaired) electrons. The molecule has 1 atom stereocenters. The summed E-state index contributed by atoms with van der Waals surface area (Å²) in [5.41, 5.74) is 4.80. The molecule has 3 aromatic carbocycles. The summed E-state index contributed by atoms with van der Waals surface area (Å²) in [7, 11) is 0. The van der Waals surface area contributed by atoms with Crippen molar-refractivity contribution in [1.82, 2.24) is 29.5 Å². The van der Waals surface area contributed by atoms with Crippen molar-refractivity contribution in [2.45, 2.75) is 44.4 Å². The molecule has 2 amide bonds. The number of amides is 2. The molecule has 0 bridgehead atoms. The van der Waals surface area contributed by atoms with E-state index in [-0.39, 0.29) is 24.5 Å². The van der Waals surface area contributed by atoms with Crippen LogP contribution >= 0.6 is 35.0 Å². The van der Waals surface area contributed by atoms with Gasteiger partial charge in [-0.25, -0.2) is 4.98 Å². The van der Waals surface area contributed by atoms with Gasteiger partial charge in [-0.2, -0.15) is 0 Å². The zero-order valence-corrected chi connectivity index (χ0v) is 28.0. The van der Waals surface area contributed by atoms with Crippen LogP contribution in [-0.4, -0.2) is 79.4 Å². The fourth-order valence-corrected chi connectivity index (χ4v) is 6.81. The van der Waals surface area contributed by atoms with Crippen molar-refractivity contribution in [1.29, 1.82) is 0 Å². The molecule has 1 aliphatic rings. The number of benzene rings is 3. The summed E-state index contributed by atoms with van der Waals surface area (Å²) >= 11 is 13.7. The van der Waals surface area contributed by atoms with Crippen LogP contribution in [0.1, 0.15) is 30.9 Å². The van der Waals surface area contributed by atoms with Gasteiger partial charge in [-0.15, -0.1) is 10.2 Å². The Morgan fingerprint density at radius 3 is 2.59 bits per heavy atom. The van der Waals surface area contributed by atoms with E-state index in [0.717, 1.165) is 33.2 Å². The first-order valence-electron chi connectivity index (χ1n) is 15.2. The Labute approximate surface area is 281 Å². The summed E-state index contributed by atoms with van der Waals surface area (Å²) in [6.07, 6.45) is 1.09. The van der Waals surface area contributed by atoms with Crippen LogP contribution < -0.4 is 4.74 Å². The fourth-order valence-electron chi connectivity index (χ4n) is 5.75. The van der Waals surface area contributed by atoms with Crippen LogP contribution in [-0.2, 0) is 16.1 Å². The number of halogens is 2. The van der Waals surface area contributed by atoms with Crippen molar-refractivity contribution in [3.05, 3.63) is 87.9 Å². The van der Waals surface area contributed by atoms with E-state index in [0.29, 0.717) is 65.7 Å². The molecular weight excluding hydrogens is 643 g/mol. The maximum atomic E-state index is 13.0. The quantitative estimate of drug-likeness (QED) is 0.121. The molecule has 0 aliphatic carbocycles. The van der Waals surface area contributed by atoms with Crippen molar-refractivity contribution in [3.63, 3.8) is 0 Å². The number of ether oxygens (including phenoxy) is 1. The molecule has 0 saturated carbocycles. The molecule has 3 heterocycles. The van der Waals surface area contributed by atoms with E-state index in [2.05, 4.69) is 46.0 Å². The Morgan fingerprint density at radius 1 is 0.978 bits per heavy atom. The van der Waals surface area contributed by atoms with Gasteiger partial charge < -0.3 is 19.1 Å². The lowest BCUT2D eigenvalue weighted by Gasteiger charge is -2.39. The zero-order chi connectivity index (χ0) is 32.2. The maximum Gasteiger partial charge on any atom is 0.260 e. The van der Waals surface area contributed by atoms with Crippen LogP contribution in [0.15, 0.2) is 71.9 Å². The number of nitrogens with zero attached hydrogens (tertiary/aromatic N) is 6. The molecule has 1 aliphatic heterocycles. The molecule has 46 heavy (non-hydrogen) atoms.